The van der Waals surface area contributed by atoms with Gasteiger partial charge in [-0.05, 0) is 40.8 Å². The highest BCUT2D eigenvalue weighted by atomic mass is 127. The molecule has 0 amide bonds. The number of halogens is 2. The number of nitrogens with one attached hydrogen (secondary N) is 1. The molecule has 0 atom stereocenters. The van der Waals surface area contributed by atoms with Crippen LogP contribution in [0.1, 0.15) is 5.82 Å². The maximum Gasteiger partial charge on any atom is 0.259 e. The van der Waals surface area contributed by atoms with Gasteiger partial charge in [-0.3, -0.25) is 4.90 Å². The van der Waals surface area contributed by atoms with Gasteiger partial charge in [-0.2, -0.15) is 4.98 Å². The highest BCUT2D eigenvalue weighted by Gasteiger charge is 2.16. The Morgan fingerprint density at radius 2 is 2.15 bits per heavy atom. The molecular weight excluding hydrogens is 374 g/mol. The van der Waals surface area contributed by atoms with Crippen molar-refractivity contribution in [2.45, 2.75) is 6.54 Å². The zero-order valence-electron chi connectivity index (χ0n) is 10.8. The second kappa shape index (κ2) is 6.15. The Hall–Kier alpha value is -1.06. The van der Waals surface area contributed by atoms with Gasteiger partial charge in [-0.25, -0.2) is 4.39 Å². The highest BCUT2D eigenvalue weighted by molar-refractivity contribution is 14.1. The van der Waals surface area contributed by atoms with Crippen LogP contribution in [0, 0.1) is 9.39 Å². The number of aromatic nitrogens is 2. The largest absolute Gasteiger partial charge is 0.334 e. The van der Waals surface area contributed by atoms with Crippen LogP contribution >= 0.6 is 22.6 Å². The third-order valence-electron chi connectivity index (χ3n) is 3.20. The monoisotopic (exact) mass is 388 g/mol. The smallest absolute Gasteiger partial charge is 0.259 e. The lowest BCUT2D eigenvalue weighted by Crippen LogP contribution is -2.43. The molecule has 0 spiro atoms. The van der Waals surface area contributed by atoms with E-state index in [1.165, 1.54) is 12.1 Å². The fourth-order valence-corrected chi connectivity index (χ4v) is 2.87. The summed E-state index contributed by atoms with van der Waals surface area (Å²) in [5, 5.41) is 7.31. The molecule has 0 bridgehead atoms. The Balaban J connectivity index is 1.75. The third kappa shape index (κ3) is 3.15. The van der Waals surface area contributed by atoms with Crippen LogP contribution in [0.4, 0.5) is 4.39 Å². The molecule has 1 aromatic heterocycles. The molecule has 1 aromatic carbocycles. The molecule has 0 aliphatic carbocycles. The van der Waals surface area contributed by atoms with Crippen LogP contribution < -0.4 is 5.32 Å². The Labute approximate surface area is 129 Å². The zero-order valence-corrected chi connectivity index (χ0v) is 12.9. The molecule has 1 aliphatic heterocycles. The minimum atomic E-state index is -0.265. The maximum absolute atomic E-state index is 13.1. The summed E-state index contributed by atoms with van der Waals surface area (Å²) in [5.41, 5.74) is 0.770. The van der Waals surface area contributed by atoms with Crippen molar-refractivity contribution in [2.75, 3.05) is 26.2 Å². The Bertz CT molecular complexity index is 598. The van der Waals surface area contributed by atoms with Crippen molar-refractivity contribution in [1.82, 2.24) is 20.4 Å². The Morgan fingerprint density at radius 1 is 1.35 bits per heavy atom. The molecule has 1 aliphatic rings. The van der Waals surface area contributed by atoms with Crippen molar-refractivity contribution in [1.29, 1.82) is 0 Å². The summed E-state index contributed by atoms with van der Waals surface area (Å²) in [7, 11) is 0. The summed E-state index contributed by atoms with van der Waals surface area (Å²) >= 11 is 2.07. The van der Waals surface area contributed by atoms with Crippen LogP contribution in [0.25, 0.3) is 11.5 Å². The third-order valence-corrected chi connectivity index (χ3v) is 4.10. The van der Waals surface area contributed by atoms with Gasteiger partial charge < -0.3 is 9.84 Å². The second-order valence-corrected chi connectivity index (χ2v) is 5.83. The van der Waals surface area contributed by atoms with E-state index < -0.39 is 0 Å². The topological polar surface area (TPSA) is 54.2 Å². The average molecular weight is 388 g/mol. The van der Waals surface area contributed by atoms with E-state index in [1.807, 2.05) is 0 Å². The highest BCUT2D eigenvalue weighted by Crippen LogP contribution is 2.24. The van der Waals surface area contributed by atoms with Crippen LogP contribution in [0.3, 0.4) is 0 Å². The summed E-state index contributed by atoms with van der Waals surface area (Å²) in [6.07, 6.45) is 0. The van der Waals surface area contributed by atoms with E-state index in [2.05, 4.69) is 42.9 Å². The van der Waals surface area contributed by atoms with E-state index >= 15 is 0 Å². The molecule has 0 radical (unpaired) electrons. The van der Waals surface area contributed by atoms with Gasteiger partial charge in [0.25, 0.3) is 5.89 Å². The van der Waals surface area contributed by atoms with Crippen molar-refractivity contribution in [3.05, 3.63) is 33.4 Å². The van der Waals surface area contributed by atoms with Gasteiger partial charge in [0.15, 0.2) is 5.82 Å². The maximum atomic E-state index is 13.1. The molecule has 0 saturated carbocycles. The van der Waals surface area contributed by atoms with Crippen LogP contribution in [-0.2, 0) is 6.54 Å². The number of benzene rings is 1. The van der Waals surface area contributed by atoms with E-state index in [0.29, 0.717) is 18.3 Å². The van der Waals surface area contributed by atoms with E-state index in [4.69, 9.17) is 4.52 Å². The molecule has 7 heteroatoms. The normalized spacial score (nSPS) is 16.5. The predicted molar refractivity (Wildman–Crippen MR) is 80.6 cm³/mol. The van der Waals surface area contributed by atoms with Crippen molar-refractivity contribution in [3.8, 4) is 11.5 Å². The number of hydrogen-bond acceptors (Lipinski definition) is 5. The number of hydrogen-bond donors (Lipinski definition) is 1. The molecule has 1 fully saturated rings. The van der Waals surface area contributed by atoms with Crippen molar-refractivity contribution in [2.24, 2.45) is 0 Å². The van der Waals surface area contributed by atoms with Crippen molar-refractivity contribution < 1.29 is 8.91 Å². The lowest BCUT2D eigenvalue weighted by Gasteiger charge is -2.25. The molecule has 0 unspecified atom stereocenters. The first-order valence-electron chi connectivity index (χ1n) is 6.43. The zero-order chi connectivity index (χ0) is 13.9. The molecule has 1 N–H and O–H groups in total. The molecule has 2 aromatic rings. The van der Waals surface area contributed by atoms with Gasteiger partial charge in [-0.1, -0.05) is 5.16 Å². The molecule has 106 valence electrons. The van der Waals surface area contributed by atoms with Crippen molar-refractivity contribution in [3.63, 3.8) is 0 Å². The fraction of sp³-hybridized carbons (Fsp3) is 0.385. The van der Waals surface area contributed by atoms with Gasteiger partial charge >= 0.3 is 0 Å². The van der Waals surface area contributed by atoms with E-state index in [0.717, 1.165) is 35.3 Å². The van der Waals surface area contributed by atoms with Crippen LogP contribution in [0.2, 0.25) is 0 Å². The summed E-state index contributed by atoms with van der Waals surface area (Å²) in [6, 6.07) is 4.52. The number of piperazine rings is 1. The van der Waals surface area contributed by atoms with Gasteiger partial charge in [0.1, 0.15) is 5.82 Å². The summed E-state index contributed by atoms with van der Waals surface area (Å²) in [6.45, 7) is 4.63. The second-order valence-electron chi connectivity index (χ2n) is 4.67. The van der Waals surface area contributed by atoms with Crippen LogP contribution in [0.5, 0.6) is 0 Å². The lowest BCUT2D eigenvalue weighted by atomic mass is 10.2. The number of nitrogens with zero attached hydrogens (tertiary/aromatic N) is 3. The van der Waals surface area contributed by atoms with Crippen molar-refractivity contribution >= 4 is 22.6 Å². The first-order chi connectivity index (χ1) is 9.72. The average Bonchev–Trinajstić information content (AvgIpc) is 2.88. The Morgan fingerprint density at radius 3 is 2.90 bits per heavy atom. The van der Waals surface area contributed by atoms with Crippen LogP contribution in [0.15, 0.2) is 22.7 Å². The minimum absolute atomic E-state index is 0.265. The first kappa shape index (κ1) is 13.9. The van der Waals surface area contributed by atoms with Gasteiger partial charge in [0, 0.05) is 29.7 Å². The number of rotatable bonds is 3. The quantitative estimate of drug-likeness (QED) is 0.815. The molecular formula is C13H14FIN4O. The predicted octanol–water partition coefficient (Wildman–Crippen LogP) is 1.89. The Kier molecular flexibility index (Phi) is 4.27. The van der Waals surface area contributed by atoms with Crippen LogP contribution in [-0.4, -0.2) is 41.2 Å². The standard InChI is InChI=1S/C13H14FIN4O/c14-9-1-2-10(11(15)7-9)13-17-12(18-20-13)8-19-5-3-16-4-6-19/h1-2,7,16H,3-6,8H2. The summed E-state index contributed by atoms with van der Waals surface area (Å²) in [5.74, 6) is 0.847. The SMILES string of the molecule is Fc1ccc(-c2nc(CN3CCNCC3)no2)c(I)c1. The fourth-order valence-electron chi connectivity index (χ4n) is 2.16. The summed E-state index contributed by atoms with van der Waals surface area (Å²) in [4.78, 5) is 6.68. The van der Waals surface area contributed by atoms with E-state index in [9.17, 15) is 4.39 Å². The van der Waals surface area contributed by atoms with Gasteiger partial charge in [-0.15, -0.1) is 0 Å². The molecule has 2 heterocycles. The summed E-state index contributed by atoms with van der Waals surface area (Å²) < 4.78 is 19.1. The molecule has 3 rings (SSSR count). The first-order valence-corrected chi connectivity index (χ1v) is 7.51. The van der Waals surface area contributed by atoms with Gasteiger partial charge in [0.2, 0.25) is 0 Å². The van der Waals surface area contributed by atoms with E-state index in [1.54, 1.807) is 6.07 Å². The van der Waals surface area contributed by atoms with Gasteiger partial charge in [0.05, 0.1) is 12.1 Å². The van der Waals surface area contributed by atoms with E-state index in [-0.39, 0.29) is 5.82 Å². The lowest BCUT2D eigenvalue weighted by molar-refractivity contribution is 0.225. The molecule has 1 saturated heterocycles. The molecule has 20 heavy (non-hydrogen) atoms. The minimum Gasteiger partial charge on any atom is -0.334 e. The molecule has 5 nitrogen and oxygen atoms in total.